The van der Waals surface area contributed by atoms with Crippen molar-refractivity contribution in [2.75, 3.05) is 17.2 Å². The molecule has 0 amide bonds. The van der Waals surface area contributed by atoms with Crippen LogP contribution < -0.4 is 17.2 Å². The third kappa shape index (κ3) is 4.84. The van der Waals surface area contributed by atoms with E-state index < -0.39 is 0 Å². The van der Waals surface area contributed by atoms with E-state index in [9.17, 15) is 0 Å². The molecule has 0 spiro atoms. The largest absolute Gasteiger partial charge is 2.00 e. The Labute approximate surface area is 84.3 Å². The molecule has 0 aliphatic heterocycles. The Balaban J connectivity index is -0.000000270. The molecule has 0 aromatic carbocycles. The average Bonchev–Trinajstić information content (AvgIpc) is 1.59. The van der Waals surface area contributed by atoms with Gasteiger partial charge in [0.15, 0.2) is 0 Å². The van der Waals surface area contributed by atoms with Gasteiger partial charge in [0.05, 0.1) is 0 Å². The predicted molar refractivity (Wildman–Crippen MR) is 42.7 cm³/mol. The van der Waals surface area contributed by atoms with Crippen molar-refractivity contribution in [3.8, 4) is 0 Å². The second kappa shape index (κ2) is 6.78. The standard InChI is InChI=1S/C3H6N6.Mg.2H2O/c4-1-7-2(5)9-3(6)8-1;;;/h(H6,4,5,6,7,8,9);;2*1H2/q;+2;;/p-2. The number of anilines is 3. The molecule has 8 nitrogen and oxygen atoms in total. The molecule has 1 aromatic heterocycles. The van der Waals surface area contributed by atoms with Crippen LogP contribution in [0.4, 0.5) is 17.8 Å². The minimum absolute atomic E-state index is 0. The fraction of sp³-hybridized carbons (Fsp3) is 0. The van der Waals surface area contributed by atoms with Crippen LogP contribution >= 0.6 is 0 Å². The first kappa shape index (κ1) is 17.3. The van der Waals surface area contributed by atoms with Gasteiger partial charge in [-0.05, 0) is 0 Å². The molecule has 0 radical (unpaired) electrons. The van der Waals surface area contributed by atoms with E-state index in [1.807, 2.05) is 0 Å². The van der Waals surface area contributed by atoms with E-state index in [-0.39, 0.29) is 51.9 Å². The van der Waals surface area contributed by atoms with Crippen LogP contribution in [0.3, 0.4) is 0 Å². The molecular formula is C3H8MgN6O2. The average molecular weight is 184 g/mol. The first-order chi connectivity index (χ1) is 4.18. The zero-order valence-corrected chi connectivity index (χ0v) is 7.59. The van der Waals surface area contributed by atoms with Crippen molar-refractivity contribution in [3.05, 3.63) is 0 Å². The van der Waals surface area contributed by atoms with Crippen molar-refractivity contribution >= 4 is 40.9 Å². The monoisotopic (exact) mass is 184 g/mol. The Hall–Kier alpha value is -0.904. The van der Waals surface area contributed by atoms with Gasteiger partial charge in [-0.25, -0.2) is 0 Å². The predicted octanol–water partition coefficient (Wildman–Crippen LogP) is -2.12. The van der Waals surface area contributed by atoms with Gasteiger partial charge in [-0.1, -0.05) is 0 Å². The first-order valence-corrected chi connectivity index (χ1v) is 2.21. The summed E-state index contributed by atoms with van der Waals surface area (Å²) < 4.78 is 0. The second-order valence-corrected chi connectivity index (χ2v) is 1.41. The van der Waals surface area contributed by atoms with Gasteiger partial charge >= 0.3 is 23.1 Å². The summed E-state index contributed by atoms with van der Waals surface area (Å²) in [4.78, 5) is 10.5. The SMILES string of the molecule is Nc1nc(N)nc(N)n1.[Mg+2].[OH-].[OH-]. The molecule has 0 saturated heterocycles. The van der Waals surface area contributed by atoms with E-state index in [1.165, 1.54) is 0 Å². The van der Waals surface area contributed by atoms with Crippen LogP contribution in [0, 0.1) is 0 Å². The topological polar surface area (TPSA) is 177 Å². The maximum atomic E-state index is 5.14. The number of aromatic nitrogens is 3. The van der Waals surface area contributed by atoms with Gasteiger partial charge in [-0.15, -0.1) is 0 Å². The van der Waals surface area contributed by atoms with Gasteiger partial charge in [0.2, 0.25) is 17.8 Å². The Morgan fingerprint density at radius 2 is 0.833 bits per heavy atom. The Kier molecular flexibility index (Phi) is 9.76. The van der Waals surface area contributed by atoms with Crippen LogP contribution in [-0.2, 0) is 0 Å². The minimum atomic E-state index is 0. The number of hydrogen-bond acceptors (Lipinski definition) is 8. The van der Waals surface area contributed by atoms with Gasteiger partial charge in [0.25, 0.3) is 0 Å². The molecule has 0 saturated carbocycles. The number of nitrogens with zero attached hydrogens (tertiary/aromatic N) is 3. The molecule has 0 atom stereocenters. The van der Waals surface area contributed by atoms with Gasteiger partial charge < -0.3 is 28.2 Å². The molecule has 8 N–H and O–H groups in total. The fourth-order valence-electron chi connectivity index (χ4n) is 0.427. The van der Waals surface area contributed by atoms with Crippen LogP contribution in [0.2, 0.25) is 0 Å². The molecule has 12 heavy (non-hydrogen) atoms. The van der Waals surface area contributed by atoms with Crippen molar-refractivity contribution in [1.29, 1.82) is 0 Å². The molecule has 0 unspecified atom stereocenters. The van der Waals surface area contributed by atoms with E-state index in [0.29, 0.717) is 0 Å². The summed E-state index contributed by atoms with van der Waals surface area (Å²) in [5, 5.41) is 0. The molecule has 9 heteroatoms. The molecule has 0 bridgehead atoms. The van der Waals surface area contributed by atoms with Gasteiger partial charge in [-0.3, -0.25) is 0 Å². The summed E-state index contributed by atoms with van der Waals surface area (Å²) in [5.74, 6) is 0.125. The smallest absolute Gasteiger partial charge is 0.870 e. The summed E-state index contributed by atoms with van der Waals surface area (Å²) in [6, 6.07) is 0. The molecular weight excluding hydrogens is 176 g/mol. The summed E-state index contributed by atoms with van der Waals surface area (Å²) in [7, 11) is 0. The van der Waals surface area contributed by atoms with Gasteiger partial charge in [0, 0.05) is 0 Å². The van der Waals surface area contributed by atoms with E-state index >= 15 is 0 Å². The third-order valence-electron chi connectivity index (χ3n) is 0.687. The molecule has 1 heterocycles. The molecule has 64 valence electrons. The van der Waals surface area contributed by atoms with Crippen LogP contribution in [0.15, 0.2) is 0 Å². The van der Waals surface area contributed by atoms with E-state index in [4.69, 9.17) is 17.2 Å². The van der Waals surface area contributed by atoms with Crippen molar-refractivity contribution in [2.45, 2.75) is 0 Å². The molecule has 0 fully saturated rings. The quantitative estimate of drug-likeness (QED) is 0.383. The summed E-state index contributed by atoms with van der Waals surface area (Å²) in [6.07, 6.45) is 0. The normalized spacial score (nSPS) is 7.00. The van der Waals surface area contributed by atoms with Crippen LogP contribution in [0.1, 0.15) is 0 Å². The molecule has 1 aromatic rings. The van der Waals surface area contributed by atoms with Crippen molar-refractivity contribution in [1.82, 2.24) is 15.0 Å². The zero-order chi connectivity index (χ0) is 6.85. The molecule has 0 aliphatic carbocycles. The summed E-state index contributed by atoms with van der Waals surface area (Å²) in [6.45, 7) is 0. The Morgan fingerprint density at radius 1 is 0.667 bits per heavy atom. The van der Waals surface area contributed by atoms with E-state index in [1.54, 1.807) is 0 Å². The van der Waals surface area contributed by atoms with E-state index in [2.05, 4.69) is 15.0 Å². The van der Waals surface area contributed by atoms with Crippen LogP contribution in [0.25, 0.3) is 0 Å². The van der Waals surface area contributed by atoms with E-state index in [0.717, 1.165) is 0 Å². The fourth-order valence-corrected chi connectivity index (χ4v) is 0.427. The first-order valence-electron chi connectivity index (χ1n) is 2.21. The van der Waals surface area contributed by atoms with Crippen molar-refractivity contribution in [3.63, 3.8) is 0 Å². The number of nitrogen functional groups attached to an aromatic ring is 3. The van der Waals surface area contributed by atoms with Gasteiger partial charge in [-0.2, -0.15) is 15.0 Å². The molecule has 1 rings (SSSR count). The zero-order valence-electron chi connectivity index (χ0n) is 6.18. The minimum Gasteiger partial charge on any atom is -0.870 e. The number of hydrogen-bond donors (Lipinski definition) is 3. The third-order valence-corrected chi connectivity index (χ3v) is 0.687. The Morgan fingerprint density at radius 3 is 1.00 bits per heavy atom. The van der Waals surface area contributed by atoms with Gasteiger partial charge in [0.1, 0.15) is 0 Å². The maximum absolute atomic E-state index is 5.14. The number of rotatable bonds is 0. The van der Waals surface area contributed by atoms with Crippen molar-refractivity contribution in [2.24, 2.45) is 0 Å². The maximum Gasteiger partial charge on any atom is 2.00 e. The summed E-state index contributed by atoms with van der Waals surface area (Å²) >= 11 is 0. The van der Waals surface area contributed by atoms with Crippen LogP contribution in [-0.4, -0.2) is 49.0 Å². The second-order valence-electron chi connectivity index (χ2n) is 1.41. The Bertz CT molecular complexity index is 182. The van der Waals surface area contributed by atoms with Crippen molar-refractivity contribution < 1.29 is 11.0 Å². The van der Waals surface area contributed by atoms with Crippen LogP contribution in [0.5, 0.6) is 0 Å². The molecule has 0 aliphatic rings. The summed E-state index contributed by atoms with van der Waals surface area (Å²) in [5.41, 5.74) is 15.4. The number of nitrogens with two attached hydrogens (primary N) is 3.